The third-order valence-electron chi connectivity index (χ3n) is 8.02. The molecule has 184 valence electrons. The van der Waals surface area contributed by atoms with Crippen molar-refractivity contribution in [3.8, 4) is 11.5 Å². The number of rotatable bonds is 11. The number of hydrogen-bond donors (Lipinski definition) is 1. The molecule has 1 aromatic carbocycles. The Hall–Kier alpha value is -2.18. The highest BCUT2D eigenvalue weighted by Gasteiger charge is 2.49. The van der Waals surface area contributed by atoms with Gasteiger partial charge in [0.25, 0.3) is 0 Å². The van der Waals surface area contributed by atoms with Crippen LogP contribution in [0.3, 0.4) is 0 Å². The third kappa shape index (κ3) is 5.89. The molecule has 3 fully saturated rings. The van der Waals surface area contributed by atoms with Crippen molar-refractivity contribution in [3.63, 3.8) is 0 Å². The summed E-state index contributed by atoms with van der Waals surface area (Å²) in [5, 5.41) is 3.45. The van der Waals surface area contributed by atoms with Gasteiger partial charge in [0.1, 0.15) is 5.82 Å². The van der Waals surface area contributed by atoms with Gasteiger partial charge < -0.3 is 14.8 Å². The summed E-state index contributed by atoms with van der Waals surface area (Å²) < 4.78 is 11.7. The number of ether oxygens (including phenoxy) is 2. The van der Waals surface area contributed by atoms with E-state index in [2.05, 4.69) is 33.4 Å². The van der Waals surface area contributed by atoms with E-state index in [-0.39, 0.29) is 0 Å². The van der Waals surface area contributed by atoms with Crippen molar-refractivity contribution in [2.75, 3.05) is 39.9 Å². The molecule has 3 aliphatic rings. The summed E-state index contributed by atoms with van der Waals surface area (Å²) in [7, 11) is 1.71. The second kappa shape index (κ2) is 11.0. The molecule has 1 saturated carbocycles. The van der Waals surface area contributed by atoms with Crippen LogP contribution in [0.25, 0.3) is 0 Å². The zero-order valence-corrected chi connectivity index (χ0v) is 20.7. The van der Waals surface area contributed by atoms with Gasteiger partial charge in [-0.15, -0.1) is 0 Å². The molecule has 2 saturated heterocycles. The fraction of sp³-hybridized carbons (Fsp3) is 0.643. The van der Waals surface area contributed by atoms with E-state index in [0.717, 1.165) is 73.6 Å². The Bertz CT molecular complexity index is 940. The van der Waals surface area contributed by atoms with E-state index in [1.807, 2.05) is 12.3 Å². The molecule has 2 aliphatic heterocycles. The van der Waals surface area contributed by atoms with Crippen LogP contribution in [0.5, 0.6) is 11.5 Å². The Kier molecular flexibility index (Phi) is 7.65. The van der Waals surface area contributed by atoms with E-state index in [1.54, 1.807) is 7.11 Å². The predicted molar refractivity (Wildman–Crippen MR) is 135 cm³/mol. The third-order valence-corrected chi connectivity index (χ3v) is 8.02. The van der Waals surface area contributed by atoms with E-state index >= 15 is 0 Å². The number of aromatic nitrogens is 2. The molecule has 6 heteroatoms. The maximum atomic E-state index is 6.19. The smallest absolute Gasteiger partial charge is 0.161 e. The van der Waals surface area contributed by atoms with Crippen LogP contribution in [0.4, 0.5) is 0 Å². The highest BCUT2D eigenvalue weighted by molar-refractivity contribution is 5.43. The monoisotopic (exact) mass is 464 g/mol. The van der Waals surface area contributed by atoms with E-state index in [9.17, 15) is 0 Å². The highest BCUT2D eigenvalue weighted by Crippen LogP contribution is 2.49. The van der Waals surface area contributed by atoms with E-state index < -0.39 is 0 Å². The van der Waals surface area contributed by atoms with Gasteiger partial charge in [0, 0.05) is 30.4 Å². The molecule has 34 heavy (non-hydrogen) atoms. The van der Waals surface area contributed by atoms with Crippen molar-refractivity contribution in [2.24, 2.45) is 5.92 Å². The molecular formula is C28H40N4O2. The number of benzene rings is 1. The zero-order chi connectivity index (χ0) is 23.2. The fourth-order valence-corrected chi connectivity index (χ4v) is 5.81. The lowest BCUT2D eigenvalue weighted by Gasteiger charge is -2.23. The molecule has 0 amide bonds. The van der Waals surface area contributed by atoms with Crippen LogP contribution in [0.2, 0.25) is 0 Å². The standard InChI is InChI=1S/C28H40N4O2/c1-33-25-7-5-23(20-26(25)34-19-3-18-32-17-2-11-28(32)12-13-28)21-27-30-16-10-24(31-27)6-4-22-8-14-29-15-9-22/h5,7,10,16,20,22,29H,2-4,6,8-9,11-15,17-19,21H2,1H3. The summed E-state index contributed by atoms with van der Waals surface area (Å²) in [6.45, 7) is 5.42. The minimum Gasteiger partial charge on any atom is -0.493 e. The first-order valence-corrected chi connectivity index (χ1v) is 13.3. The first kappa shape index (κ1) is 23.6. The second-order valence-electron chi connectivity index (χ2n) is 10.4. The van der Waals surface area contributed by atoms with Crippen LogP contribution in [-0.2, 0) is 12.8 Å². The highest BCUT2D eigenvalue weighted by atomic mass is 16.5. The van der Waals surface area contributed by atoms with Crippen LogP contribution >= 0.6 is 0 Å². The van der Waals surface area contributed by atoms with Crippen molar-refractivity contribution in [1.82, 2.24) is 20.2 Å². The molecular weight excluding hydrogens is 424 g/mol. The molecule has 1 N–H and O–H groups in total. The van der Waals surface area contributed by atoms with Gasteiger partial charge in [-0.25, -0.2) is 9.97 Å². The van der Waals surface area contributed by atoms with Gasteiger partial charge in [-0.3, -0.25) is 4.90 Å². The number of piperidine rings is 1. The molecule has 6 nitrogen and oxygen atoms in total. The normalized spacial score (nSPS) is 20.0. The summed E-state index contributed by atoms with van der Waals surface area (Å²) in [5.41, 5.74) is 2.88. The number of nitrogens with zero attached hydrogens (tertiary/aromatic N) is 3. The summed E-state index contributed by atoms with van der Waals surface area (Å²) >= 11 is 0. The van der Waals surface area contributed by atoms with Crippen molar-refractivity contribution in [1.29, 1.82) is 0 Å². The minimum absolute atomic E-state index is 0.569. The van der Waals surface area contributed by atoms with Gasteiger partial charge >= 0.3 is 0 Å². The van der Waals surface area contributed by atoms with Crippen LogP contribution in [0.1, 0.15) is 68.4 Å². The molecule has 0 radical (unpaired) electrons. The Morgan fingerprint density at radius 1 is 1.12 bits per heavy atom. The predicted octanol–water partition coefficient (Wildman–Crippen LogP) is 4.41. The number of likely N-dealkylation sites (tertiary alicyclic amines) is 1. The molecule has 1 spiro atoms. The van der Waals surface area contributed by atoms with E-state index in [1.165, 1.54) is 51.5 Å². The van der Waals surface area contributed by atoms with Crippen molar-refractivity contribution < 1.29 is 9.47 Å². The Balaban J connectivity index is 1.14. The maximum absolute atomic E-state index is 6.19. The van der Waals surface area contributed by atoms with Gasteiger partial charge in [-0.2, -0.15) is 0 Å². The Morgan fingerprint density at radius 3 is 2.82 bits per heavy atom. The molecule has 3 heterocycles. The van der Waals surface area contributed by atoms with Gasteiger partial charge in [0.05, 0.1) is 13.7 Å². The average Bonchev–Trinajstić information content (AvgIpc) is 3.55. The topological polar surface area (TPSA) is 59.5 Å². The SMILES string of the molecule is COc1ccc(Cc2nccc(CCC3CCNCC3)n2)cc1OCCCN1CCCC12CC2. The molecule has 5 rings (SSSR count). The Labute approximate surface area is 204 Å². The van der Waals surface area contributed by atoms with Crippen molar-refractivity contribution in [2.45, 2.75) is 69.7 Å². The van der Waals surface area contributed by atoms with Gasteiger partial charge in [-0.1, -0.05) is 6.07 Å². The fourth-order valence-electron chi connectivity index (χ4n) is 5.81. The first-order chi connectivity index (χ1) is 16.7. The molecule has 2 aromatic rings. The first-order valence-electron chi connectivity index (χ1n) is 13.3. The molecule has 1 aromatic heterocycles. The van der Waals surface area contributed by atoms with Crippen LogP contribution < -0.4 is 14.8 Å². The lowest BCUT2D eigenvalue weighted by molar-refractivity contribution is 0.205. The van der Waals surface area contributed by atoms with Gasteiger partial charge in [0.2, 0.25) is 0 Å². The summed E-state index contributed by atoms with van der Waals surface area (Å²) in [5.74, 6) is 3.31. The van der Waals surface area contributed by atoms with Crippen LogP contribution in [0.15, 0.2) is 30.5 Å². The maximum Gasteiger partial charge on any atom is 0.161 e. The van der Waals surface area contributed by atoms with Crippen molar-refractivity contribution >= 4 is 0 Å². The number of hydrogen-bond acceptors (Lipinski definition) is 6. The zero-order valence-electron chi connectivity index (χ0n) is 20.7. The van der Waals surface area contributed by atoms with Crippen LogP contribution in [-0.4, -0.2) is 60.3 Å². The molecule has 1 aliphatic carbocycles. The molecule has 0 unspecified atom stereocenters. The largest absolute Gasteiger partial charge is 0.493 e. The van der Waals surface area contributed by atoms with Gasteiger partial charge in [-0.05, 0) is 107 Å². The summed E-state index contributed by atoms with van der Waals surface area (Å²) in [4.78, 5) is 12.1. The lowest BCUT2D eigenvalue weighted by Crippen LogP contribution is -2.32. The van der Waals surface area contributed by atoms with E-state index in [0.29, 0.717) is 12.0 Å². The number of methoxy groups -OCH3 is 1. The van der Waals surface area contributed by atoms with Crippen molar-refractivity contribution in [3.05, 3.63) is 47.5 Å². The molecule has 0 atom stereocenters. The number of nitrogens with one attached hydrogen (secondary N) is 1. The molecule has 0 bridgehead atoms. The van der Waals surface area contributed by atoms with Crippen LogP contribution in [0, 0.1) is 5.92 Å². The average molecular weight is 465 g/mol. The number of aryl methyl sites for hydroxylation is 1. The van der Waals surface area contributed by atoms with E-state index in [4.69, 9.17) is 14.5 Å². The lowest BCUT2D eigenvalue weighted by atomic mass is 9.92. The minimum atomic E-state index is 0.569. The summed E-state index contributed by atoms with van der Waals surface area (Å²) in [6, 6.07) is 8.27. The second-order valence-corrected chi connectivity index (χ2v) is 10.4. The Morgan fingerprint density at radius 2 is 2.00 bits per heavy atom. The quantitative estimate of drug-likeness (QED) is 0.497. The summed E-state index contributed by atoms with van der Waals surface area (Å²) in [6.07, 6.45) is 14.0. The van der Waals surface area contributed by atoms with Gasteiger partial charge in [0.15, 0.2) is 11.5 Å².